The van der Waals surface area contributed by atoms with Gasteiger partial charge in [0.25, 0.3) is 0 Å². The predicted molar refractivity (Wildman–Crippen MR) is 73.0 cm³/mol. The Morgan fingerprint density at radius 1 is 1.24 bits per heavy atom. The fourth-order valence-corrected chi connectivity index (χ4v) is 4.44. The van der Waals surface area contributed by atoms with Crippen molar-refractivity contribution in [3.63, 3.8) is 0 Å². The molecule has 4 heteroatoms. The smallest absolute Gasteiger partial charge is 0.156 e. The Balaban J connectivity index is 2.39. The molecule has 0 amide bonds. The van der Waals surface area contributed by atoms with Crippen molar-refractivity contribution in [2.45, 2.75) is 69.3 Å². The van der Waals surface area contributed by atoms with Crippen LogP contribution in [-0.4, -0.2) is 32.0 Å². The van der Waals surface area contributed by atoms with E-state index in [2.05, 4.69) is 12.2 Å². The Labute approximate surface area is 106 Å². The topological polar surface area (TPSA) is 46.2 Å². The fourth-order valence-electron chi connectivity index (χ4n) is 2.45. The number of sulfone groups is 1. The van der Waals surface area contributed by atoms with Crippen LogP contribution in [0.3, 0.4) is 0 Å². The van der Waals surface area contributed by atoms with Crippen LogP contribution in [0.5, 0.6) is 0 Å². The van der Waals surface area contributed by atoms with Crippen LogP contribution in [-0.2, 0) is 9.84 Å². The van der Waals surface area contributed by atoms with Gasteiger partial charge in [0, 0.05) is 6.54 Å². The van der Waals surface area contributed by atoms with Crippen molar-refractivity contribution in [2.75, 3.05) is 13.1 Å². The van der Waals surface area contributed by atoms with Crippen LogP contribution in [0.15, 0.2) is 0 Å². The monoisotopic (exact) mass is 261 g/mol. The lowest BCUT2D eigenvalue weighted by Gasteiger charge is -2.25. The van der Waals surface area contributed by atoms with Gasteiger partial charge in [0.05, 0.1) is 10.5 Å². The highest BCUT2D eigenvalue weighted by Crippen LogP contribution is 2.26. The maximum atomic E-state index is 12.3. The van der Waals surface area contributed by atoms with Crippen molar-refractivity contribution in [2.24, 2.45) is 0 Å². The molecule has 1 aliphatic rings. The summed E-state index contributed by atoms with van der Waals surface area (Å²) in [7, 11) is -2.91. The minimum absolute atomic E-state index is 0.0702. The Hall–Kier alpha value is -0.0900. The van der Waals surface area contributed by atoms with E-state index in [4.69, 9.17) is 0 Å². The quantitative estimate of drug-likeness (QED) is 0.716. The van der Waals surface area contributed by atoms with Crippen molar-refractivity contribution < 1.29 is 8.42 Å². The minimum atomic E-state index is -2.91. The number of hydrogen-bond donors (Lipinski definition) is 1. The van der Waals surface area contributed by atoms with Crippen LogP contribution in [0.1, 0.15) is 58.8 Å². The molecule has 1 saturated carbocycles. The van der Waals surface area contributed by atoms with Gasteiger partial charge in [0.2, 0.25) is 0 Å². The second-order valence-electron chi connectivity index (χ2n) is 5.22. The van der Waals surface area contributed by atoms with Gasteiger partial charge in [-0.1, -0.05) is 32.6 Å². The minimum Gasteiger partial charge on any atom is -0.315 e. The van der Waals surface area contributed by atoms with Crippen molar-refractivity contribution in [1.29, 1.82) is 0 Å². The van der Waals surface area contributed by atoms with Crippen molar-refractivity contribution >= 4 is 9.84 Å². The third kappa shape index (κ3) is 4.59. The predicted octanol–water partition coefficient (Wildman–Crippen LogP) is 2.51. The van der Waals surface area contributed by atoms with E-state index >= 15 is 0 Å². The lowest BCUT2D eigenvalue weighted by Crippen LogP contribution is -2.38. The SMILES string of the molecule is CCCCNCC(C)S(=O)(=O)C1CCCCC1. The second-order valence-corrected chi connectivity index (χ2v) is 7.87. The lowest BCUT2D eigenvalue weighted by atomic mass is 10.0. The van der Waals surface area contributed by atoms with Crippen molar-refractivity contribution in [3.8, 4) is 0 Å². The van der Waals surface area contributed by atoms with Crippen LogP contribution in [0, 0.1) is 0 Å². The fraction of sp³-hybridized carbons (Fsp3) is 1.00. The maximum Gasteiger partial charge on any atom is 0.156 e. The number of nitrogens with one attached hydrogen (secondary N) is 1. The Kier molecular flexibility index (Phi) is 6.49. The van der Waals surface area contributed by atoms with Gasteiger partial charge in [0.1, 0.15) is 0 Å². The molecule has 0 aliphatic heterocycles. The van der Waals surface area contributed by atoms with Gasteiger partial charge in [0.15, 0.2) is 9.84 Å². The Morgan fingerprint density at radius 3 is 2.47 bits per heavy atom. The Morgan fingerprint density at radius 2 is 1.88 bits per heavy atom. The molecule has 0 aromatic carbocycles. The summed E-state index contributed by atoms with van der Waals surface area (Å²) in [5.74, 6) is 0. The van der Waals surface area contributed by atoms with Gasteiger partial charge in [-0.3, -0.25) is 0 Å². The van der Waals surface area contributed by atoms with Gasteiger partial charge in [-0.2, -0.15) is 0 Å². The zero-order valence-electron chi connectivity index (χ0n) is 11.2. The lowest BCUT2D eigenvalue weighted by molar-refractivity contribution is 0.476. The summed E-state index contributed by atoms with van der Waals surface area (Å²) in [5.41, 5.74) is 0. The molecule has 17 heavy (non-hydrogen) atoms. The average molecular weight is 261 g/mol. The zero-order chi connectivity index (χ0) is 12.7. The van der Waals surface area contributed by atoms with E-state index < -0.39 is 9.84 Å². The zero-order valence-corrected chi connectivity index (χ0v) is 12.1. The second kappa shape index (κ2) is 7.37. The van der Waals surface area contributed by atoms with E-state index in [0.717, 1.165) is 45.1 Å². The van der Waals surface area contributed by atoms with Crippen LogP contribution in [0.4, 0.5) is 0 Å². The molecule has 1 aliphatic carbocycles. The maximum absolute atomic E-state index is 12.3. The third-order valence-corrected chi connectivity index (χ3v) is 6.41. The summed E-state index contributed by atoms with van der Waals surface area (Å²) in [6, 6.07) is 0. The summed E-state index contributed by atoms with van der Waals surface area (Å²) >= 11 is 0. The first-order valence-electron chi connectivity index (χ1n) is 7.02. The summed E-state index contributed by atoms with van der Waals surface area (Å²) in [6.45, 7) is 5.53. The molecule has 1 N–H and O–H groups in total. The van der Waals surface area contributed by atoms with E-state index in [0.29, 0.717) is 6.54 Å². The van der Waals surface area contributed by atoms with Crippen LogP contribution < -0.4 is 5.32 Å². The summed E-state index contributed by atoms with van der Waals surface area (Å²) in [6.07, 6.45) is 7.39. The summed E-state index contributed by atoms with van der Waals surface area (Å²) < 4.78 is 24.6. The normalized spacial score (nSPS) is 20.4. The van der Waals surface area contributed by atoms with Crippen molar-refractivity contribution in [1.82, 2.24) is 5.32 Å². The molecule has 0 radical (unpaired) electrons. The van der Waals surface area contributed by atoms with E-state index in [9.17, 15) is 8.42 Å². The molecule has 1 atom stereocenters. The molecule has 1 rings (SSSR count). The molecule has 1 fully saturated rings. The number of hydrogen-bond acceptors (Lipinski definition) is 3. The molecule has 0 aromatic heterocycles. The third-order valence-electron chi connectivity index (χ3n) is 3.72. The Bertz CT molecular complexity index is 295. The molecule has 0 bridgehead atoms. The van der Waals surface area contributed by atoms with Gasteiger partial charge < -0.3 is 5.32 Å². The average Bonchev–Trinajstić information content (AvgIpc) is 2.35. The molecule has 0 spiro atoms. The molecule has 1 unspecified atom stereocenters. The van der Waals surface area contributed by atoms with Gasteiger partial charge in [-0.25, -0.2) is 8.42 Å². The molecule has 0 aromatic rings. The van der Waals surface area contributed by atoms with E-state index in [-0.39, 0.29) is 10.5 Å². The van der Waals surface area contributed by atoms with Gasteiger partial charge >= 0.3 is 0 Å². The molecule has 0 saturated heterocycles. The highest BCUT2D eigenvalue weighted by Gasteiger charge is 2.31. The van der Waals surface area contributed by atoms with Gasteiger partial charge in [-0.15, -0.1) is 0 Å². The van der Waals surface area contributed by atoms with E-state index in [1.165, 1.54) is 6.42 Å². The summed E-state index contributed by atoms with van der Waals surface area (Å²) in [5, 5.41) is 2.95. The van der Waals surface area contributed by atoms with Gasteiger partial charge in [-0.05, 0) is 32.7 Å². The van der Waals surface area contributed by atoms with E-state index in [1.54, 1.807) is 0 Å². The molecular weight excluding hydrogens is 234 g/mol. The standard InChI is InChI=1S/C13H27NO2S/c1-3-4-10-14-11-12(2)17(15,16)13-8-6-5-7-9-13/h12-14H,3-11H2,1-2H3. The molecule has 102 valence electrons. The number of rotatable bonds is 7. The number of unbranched alkanes of at least 4 members (excludes halogenated alkanes) is 1. The largest absolute Gasteiger partial charge is 0.315 e. The van der Waals surface area contributed by atoms with Crippen LogP contribution in [0.2, 0.25) is 0 Å². The first-order valence-corrected chi connectivity index (χ1v) is 8.63. The first kappa shape index (κ1) is 15.0. The molecule has 0 heterocycles. The van der Waals surface area contributed by atoms with E-state index in [1.807, 2.05) is 6.92 Å². The highest BCUT2D eigenvalue weighted by atomic mass is 32.2. The molecular formula is C13H27NO2S. The highest BCUT2D eigenvalue weighted by molar-refractivity contribution is 7.92. The molecule has 3 nitrogen and oxygen atoms in total. The first-order chi connectivity index (χ1) is 8.09. The van der Waals surface area contributed by atoms with Crippen LogP contribution >= 0.6 is 0 Å². The summed E-state index contributed by atoms with van der Waals surface area (Å²) in [4.78, 5) is 0. The van der Waals surface area contributed by atoms with Crippen molar-refractivity contribution in [3.05, 3.63) is 0 Å². The van der Waals surface area contributed by atoms with Crippen LogP contribution in [0.25, 0.3) is 0 Å².